The third-order valence-electron chi connectivity index (χ3n) is 2.75. The zero-order valence-corrected chi connectivity index (χ0v) is 12.2. The first-order valence-corrected chi connectivity index (χ1v) is 6.67. The Morgan fingerprint density at radius 3 is 2.35 bits per heavy atom. The molecule has 0 aromatic heterocycles. The van der Waals surface area contributed by atoms with Crippen LogP contribution in [-0.2, 0) is 4.79 Å². The molecule has 0 saturated carbocycles. The van der Waals surface area contributed by atoms with Gasteiger partial charge in [-0.25, -0.2) is 0 Å². The first-order valence-electron chi connectivity index (χ1n) is 6.67. The van der Waals surface area contributed by atoms with Crippen molar-refractivity contribution in [3.8, 4) is 0 Å². The molecule has 0 fully saturated rings. The van der Waals surface area contributed by atoms with Crippen LogP contribution in [-0.4, -0.2) is 47.1 Å². The molecule has 0 aliphatic heterocycles. The van der Waals surface area contributed by atoms with E-state index in [2.05, 4.69) is 5.32 Å². The largest absolute Gasteiger partial charge is 0.389 e. The van der Waals surface area contributed by atoms with Gasteiger partial charge in [0.2, 0.25) is 5.91 Å². The van der Waals surface area contributed by atoms with Crippen molar-refractivity contribution >= 4 is 11.8 Å². The second-order valence-corrected chi connectivity index (χ2v) is 5.27. The number of benzene rings is 1. The number of nitrogens with zero attached hydrogens (tertiary/aromatic N) is 1. The quantitative estimate of drug-likeness (QED) is 0.816. The number of nitrogens with one attached hydrogen (secondary N) is 1. The molecule has 5 heteroatoms. The number of hydrogen-bond acceptors (Lipinski definition) is 3. The topological polar surface area (TPSA) is 69.6 Å². The highest BCUT2D eigenvalue weighted by Crippen LogP contribution is 2.05. The SMILES string of the molecule is CCN(CC(C)(C)O)C(=O)CNC(=O)c1ccccc1. The summed E-state index contributed by atoms with van der Waals surface area (Å²) in [6.07, 6.45) is 0. The van der Waals surface area contributed by atoms with Crippen molar-refractivity contribution in [3.63, 3.8) is 0 Å². The van der Waals surface area contributed by atoms with Crippen molar-refractivity contribution in [1.29, 1.82) is 0 Å². The van der Waals surface area contributed by atoms with Crippen LogP contribution in [0.2, 0.25) is 0 Å². The van der Waals surface area contributed by atoms with Crippen LogP contribution in [0.25, 0.3) is 0 Å². The van der Waals surface area contributed by atoms with Gasteiger partial charge < -0.3 is 15.3 Å². The summed E-state index contributed by atoms with van der Waals surface area (Å²) < 4.78 is 0. The van der Waals surface area contributed by atoms with Crippen molar-refractivity contribution < 1.29 is 14.7 Å². The molecule has 1 aromatic rings. The predicted molar refractivity (Wildman–Crippen MR) is 77.3 cm³/mol. The van der Waals surface area contributed by atoms with E-state index in [4.69, 9.17) is 0 Å². The highest BCUT2D eigenvalue weighted by atomic mass is 16.3. The van der Waals surface area contributed by atoms with E-state index in [0.717, 1.165) is 0 Å². The average Bonchev–Trinajstić information content (AvgIpc) is 2.41. The Kier molecular flexibility index (Phi) is 5.70. The minimum absolute atomic E-state index is 0.0718. The fourth-order valence-electron chi connectivity index (χ4n) is 1.80. The van der Waals surface area contributed by atoms with E-state index < -0.39 is 5.60 Å². The average molecular weight is 278 g/mol. The van der Waals surface area contributed by atoms with E-state index >= 15 is 0 Å². The molecule has 0 heterocycles. The van der Waals surface area contributed by atoms with E-state index in [-0.39, 0.29) is 24.9 Å². The van der Waals surface area contributed by atoms with E-state index in [9.17, 15) is 14.7 Å². The van der Waals surface area contributed by atoms with Crippen LogP contribution >= 0.6 is 0 Å². The lowest BCUT2D eigenvalue weighted by molar-refractivity contribution is -0.132. The lowest BCUT2D eigenvalue weighted by Crippen LogP contribution is -2.46. The Bertz CT molecular complexity index is 452. The Balaban J connectivity index is 2.52. The molecule has 0 aliphatic rings. The Morgan fingerprint density at radius 1 is 1.25 bits per heavy atom. The third kappa shape index (κ3) is 5.40. The second kappa shape index (κ2) is 7.05. The van der Waals surface area contributed by atoms with Gasteiger partial charge in [-0.3, -0.25) is 9.59 Å². The van der Waals surface area contributed by atoms with Crippen molar-refractivity contribution in [2.24, 2.45) is 0 Å². The molecule has 5 nitrogen and oxygen atoms in total. The van der Waals surface area contributed by atoms with Gasteiger partial charge >= 0.3 is 0 Å². The van der Waals surface area contributed by atoms with E-state index in [1.807, 2.05) is 13.0 Å². The van der Waals surface area contributed by atoms with Gasteiger partial charge in [0.25, 0.3) is 5.91 Å². The minimum atomic E-state index is -0.949. The monoisotopic (exact) mass is 278 g/mol. The molecule has 0 radical (unpaired) electrons. The van der Waals surface area contributed by atoms with Gasteiger partial charge in [-0.05, 0) is 32.9 Å². The molecular formula is C15H22N2O3. The maximum atomic E-state index is 12.0. The van der Waals surface area contributed by atoms with Crippen LogP contribution in [0.4, 0.5) is 0 Å². The number of carbonyl (C=O) groups excluding carboxylic acids is 2. The summed E-state index contributed by atoms with van der Waals surface area (Å²) in [4.78, 5) is 25.3. The summed E-state index contributed by atoms with van der Waals surface area (Å²) in [6, 6.07) is 8.74. The Morgan fingerprint density at radius 2 is 1.85 bits per heavy atom. The highest BCUT2D eigenvalue weighted by Gasteiger charge is 2.21. The summed E-state index contributed by atoms with van der Waals surface area (Å²) in [5.41, 5.74) is -0.430. The lowest BCUT2D eigenvalue weighted by atomic mass is 10.1. The zero-order chi connectivity index (χ0) is 15.2. The summed E-state index contributed by atoms with van der Waals surface area (Å²) in [5, 5.41) is 12.3. The lowest BCUT2D eigenvalue weighted by Gasteiger charge is -2.28. The third-order valence-corrected chi connectivity index (χ3v) is 2.75. The molecule has 2 N–H and O–H groups in total. The van der Waals surface area contributed by atoms with Crippen molar-refractivity contribution in [3.05, 3.63) is 35.9 Å². The first-order chi connectivity index (χ1) is 9.33. The molecule has 0 atom stereocenters. The van der Waals surface area contributed by atoms with Gasteiger partial charge in [-0.1, -0.05) is 18.2 Å². The fraction of sp³-hybridized carbons (Fsp3) is 0.467. The van der Waals surface area contributed by atoms with Crippen LogP contribution < -0.4 is 5.32 Å². The van der Waals surface area contributed by atoms with Crippen LogP contribution in [0.15, 0.2) is 30.3 Å². The van der Waals surface area contributed by atoms with Gasteiger partial charge in [0.15, 0.2) is 0 Å². The molecular weight excluding hydrogens is 256 g/mol. The molecule has 1 rings (SSSR count). The summed E-state index contributed by atoms with van der Waals surface area (Å²) in [6.45, 7) is 5.78. The number of rotatable bonds is 6. The number of amides is 2. The molecule has 1 aromatic carbocycles. The highest BCUT2D eigenvalue weighted by molar-refractivity contribution is 5.96. The second-order valence-electron chi connectivity index (χ2n) is 5.27. The Labute approximate surface area is 119 Å². The van der Waals surface area contributed by atoms with Crippen molar-refractivity contribution in [1.82, 2.24) is 10.2 Å². The van der Waals surface area contributed by atoms with E-state index in [1.54, 1.807) is 38.1 Å². The standard InChI is InChI=1S/C15H22N2O3/c1-4-17(11-15(2,3)20)13(18)10-16-14(19)12-8-6-5-7-9-12/h5-9,20H,4,10-11H2,1-3H3,(H,16,19). The fourth-order valence-corrected chi connectivity index (χ4v) is 1.80. The van der Waals surface area contributed by atoms with Crippen LogP contribution in [0.3, 0.4) is 0 Å². The summed E-state index contributed by atoms with van der Waals surface area (Å²) in [5.74, 6) is -0.489. The minimum Gasteiger partial charge on any atom is -0.389 e. The number of aliphatic hydroxyl groups is 1. The number of likely N-dealkylation sites (N-methyl/N-ethyl adjacent to an activating group) is 1. The molecule has 2 amide bonds. The van der Waals surface area contributed by atoms with Gasteiger partial charge in [-0.15, -0.1) is 0 Å². The van der Waals surface area contributed by atoms with E-state index in [0.29, 0.717) is 12.1 Å². The molecule has 0 aliphatic carbocycles. The van der Waals surface area contributed by atoms with Gasteiger partial charge in [0, 0.05) is 18.7 Å². The molecule has 110 valence electrons. The van der Waals surface area contributed by atoms with Gasteiger partial charge in [0.05, 0.1) is 12.1 Å². The summed E-state index contributed by atoms with van der Waals surface area (Å²) in [7, 11) is 0. The van der Waals surface area contributed by atoms with Crippen LogP contribution in [0.5, 0.6) is 0 Å². The van der Waals surface area contributed by atoms with Crippen molar-refractivity contribution in [2.45, 2.75) is 26.4 Å². The molecule has 0 unspecified atom stereocenters. The van der Waals surface area contributed by atoms with E-state index in [1.165, 1.54) is 4.90 Å². The number of carbonyl (C=O) groups is 2. The zero-order valence-electron chi connectivity index (χ0n) is 12.2. The molecule has 20 heavy (non-hydrogen) atoms. The van der Waals surface area contributed by atoms with Crippen LogP contribution in [0.1, 0.15) is 31.1 Å². The van der Waals surface area contributed by atoms with Gasteiger partial charge in [-0.2, -0.15) is 0 Å². The van der Waals surface area contributed by atoms with Crippen molar-refractivity contribution in [2.75, 3.05) is 19.6 Å². The maximum Gasteiger partial charge on any atom is 0.251 e. The normalized spacial score (nSPS) is 11.0. The van der Waals surface area contributed by atoms with Gasteiger partial charge in [0.1, 0.15) is 0 Å². The predicted octanol–water partition coefficient (Wildman–Crippen LogP) is 1.04. The molecule has 0 spiro atoms. The van der Waals surface area contributed by atoms with Crippen LogP contribution in [0, 0.1) is 0 Å². The maximum absolute atomic E-state index is 12.0. The summed E-state index contributed by atoms with van der Waals surface area (Å²) >= 11 is 0. The number of hydrogen-bond donors (Lipinski definition) is 2. The smallest absolute Gasteiger partial charge is 0.251 e. The first kappa shape index (κ1) is 16.2. The Hall–Kier alpha value is -1.88. The molecule has 0 saturated heterocycles. The molecule has 0 bridgehead atoms.